The Morgan fingerprint density at radius 3 is 2.00 bits per heavy atom. The standard InChI is InChI=1S/C26H35N3O7S2/c1-35-23-12-10-22(37(31,32)28-16-6-7-17-28)18-20(23)8-13-26(30)27-21-9-11-24(36-2)25(19-21)38(33,34)29-14-4-3-5-15-29/h9-12,18-19H,3-8,13-17H2,1-2H3,(H,27,30). The van der Waals surface area contributed by atoms with Gasteiger partial charge in [-0.15, -0.1) is 0 Å². The van der Waals surface area contributed by atoms with Crippen molar-refractivity contribution in [1.29, 1.82) is 0 Å². The van der Waals surface area contributed by atoms with Crippen LogP contribution in [0.5, 0.6) is 11.5 Å². The summed E-state index contributed by atoms with van der Waals surface area (Å²) < 4.78 is 66.1. The maximum absolute atomic E-state index is 13.3. The number of benzene rings is 2. The van der Waals surface area contributed by atoms with E-state index in [-0.39, 0.29) is 34.3 Å². The first-order chi connectivity index (χ1) is 18.2. The second kappa shape index (κ2) is 12.0. The van der Waals surface area contributed by atoms with Crippen LogP contribution in [0.3, 0.4) is 0 Å². The molecule has 208 valence electrons. The van der Waals surface area contributed by atoms with Crippen LogP contribution >= 0.6 is 0 Å². The van der Waals surface area contributed by atoms with Gasteiger partial charge in [-0.25, -0.2) is 16.8 Å². The summed E-state index contributed by atoms with van der Waals surface area (Å²) in [4.78, 5) is 13.0. The van der Waals surface area contributed by atoms with Crippen molar-refractivity contribution < 1.29 is 31.1 Å². The van der Waals surface area contributed by atoms with Gasteiger partial charge in [0.25, 0.3) is 0 Å². The summed E-state index contributed by atoms with van der Waals surface area (Å²) in [5.41, 5.74) is 0.940. The monoisotopic (exact) mass is 565 g/mol. The van der Waals surface area contributed by atoms with Crippen molar-refractivity contribution in [2.75, 3.05) is 45.7 Å². The first kappa shape index (κ1) is 28.3. The van der Waals surface area contributed by atoms with Crippen LogP contribution in [-0.4, -0.2) is 71.8 Å². The Hall–Kier alpha value is -2.67. The molecule has 2 aromatic carbocycles. The Kier molecular flexibility index (Phi) is 8.96. The number of piperidine rings is 1. The predicted octanol–water partition coefficient (Wildman–Crippen LogP) is 3.23. The smallest absolute Gasteiger partial charge is 0.246 e. The van der Waals surface area contributed by atoms with Crippen molar-refractivity contribution in [1.82, 2.24) is 8.61 Å². The predicted molar refractivity (Wildman–Crippen MR) is 144 cm³/mol. The summed E-state index contributed by atoms with van der Waals surface area (Å²) in [5.74, 6) is 0.373. The summed E-state index contributed by atoms with van der Waals surface area (Å²) in [5, 5.41) is 2.76. The first-order valence-electron chi connectivity index (χ1n) is 12.8. The zero-order valence-electron chi connectivity index (χ0n) is 21.8. The van der Waals surface area contributed by atoms with Gasteiger partial charge in [0.1, 0.15) is 16.4 Å². The number of sulfonamides is 2. The van der Waals surface area contributed by atoms with Gasteiger partial charge in [-0.2, -0.15) is 8.61 Å². The molecule has 2 heterocycles. The van der Waals surface area contributed by atoms with Gasteiger partial charge in [-0.1, -0.05) is 6.42 Å². The van der Waals surface area contributed by atoms with Crippen LogP contribution in [0.25, 0.3) is 0 Å². The third kappa shape index (κ3) is 6.14. The lowest BCUT2D eigenvalue weighted by molar-refractivity contribution is -0.116. The highest BCUT2D eigenvalue weighted by Crippen LogP contribution is 2.32. The summed E-state index contributed by atoms with van der Waals surface area (Å²) in [6.45, 7) is 1.92. The molecule has 2 saturated heterocycles. The van der Waals surface area contributed by atoms with E-state index >= 15 is 0 Å². The number of methoxy groups -OCH3 is 2. The fourth-order valence-electron chi connectivity index (χ4n) is 4.86. The van der Waals surface area contributed by atoms with Gasteiger partial charge >= 0.3 is 0 Å². The average Bonchev–Trinajstić information content (AvgIpc) is 3.48. The van der Waals surface area contributed by atoms with Gasteiger partial charge in [0.15, 0.2) is 0 Å². The van der Waals surface area contributed by atoms with Crippen molar-refractivity contribution in [3.63, 3.8) is 0 Å². The number of nitrogens with one attached hydrogen (secondary N) is 1. The summed E-state index contributed by atoms with van der Waals surface area (Å²) in [7, 11) is -4.47. The molecule has 0 bridgehead atoms. The van der Waals surface area contributed by atoms with E-state index in [9.17, 15) is 21.6 Å². The third-order valence-corrected chi connectivity index (χ3v) is 10.8. The molecule has 2 aromatic rings. The van der Waals surface area contributed by atoms with Gasteiger partial charge in [0.05, 0.1) is 19.1 Å². The molecule has 2 aliphatic heterocycles. The van der Waals surface area contributed by atoms with E-state index in [2.05, 4.69) is 5.32 Å². The summed E-state index contributed by atoms with van der Waals surface area (Å²) >= 11 is 0. The normalized spacial score (nSPS) is 17.3. The molecule has 12 heteroatoms. The minimum absolute atomic E-state index is 0.0150. The fraction of sp³-hybridized carbons (Fsp3) is 0.500. The average molecular weight is 566 g/mol. The van der Waals surface area contributed by atoms with E-state index in [0.29, 0.717) is 43.2 Å². The maximum atomic E-state index is 13.3. The summed E-state index contributed by atoms with van der Waals surface area (Å²) in [6, 6.07) is 9.24. The Balaban J connectivity index is 1.48. The molecule has 0 saturated carbocycles. The van der Waals surface area contributed by atoms with Crippen molar-refractivity contribution in [2.24, 2.45) is 0 Å². The van der Waals surface area contributed by atoms with E-state index in [1.807, 2.05) is 0 Å². The van der Waals surface area contributed by atoms with E-state index in [1.165, 1.54) is 41.0 Å². The van der Waals surface area contributed by atoms with Crippen LogP contribution in [0.2, 0.25) is 0 Å². The molecule has 0 unspecified atom stereocenters. The zero-order chi connectivity index (χ0) is 27.3. The van der Waals surface area contributed by atoms with Crippen molar-refractivity contribution in [3.8, 4) is 11.5 Å². The van der Waals surface area contributed by atoms with Gasteiger partial charge < -0.3 is 14.8 Å². The number of hydrogen-bond acceptors (Lipinski definition) is 7. The number of carbonyl (C=O) groups is 1. The number of amides is 1. The van der Waals surface area contributed by atoms with Crippen LogP contribution < -0.4 is 14.8 Å². The van der Waals surface area contributed by atoms with Crippen LogP contribution in [0, 0.1) is 0 Å². The second-order valence-corrected chi connectivity index (χ2v) is 13.3. The van der Waals surface area contributed by atoms with Crippen molar-refractivity contribution in [2.45, 2.75) is 54.7 Å². The Bertz CT molecular complexity index is 1370. The Morgan fingerprint density at radius 2 is 1.37 bits per heavy atom. The maximum Gasteiger partial charge on any atom is 0.246 e. The minimum atomic E-state index is -3.77. The van der Waals surface area contributed by atoms with Gasteiger partial charge in [0.2, 0.25) is 26.0 Å². The van der Waals surface area contributed by atoms with Gasteiger partial charge in [-0.3, -0.25) is 4.79 Å². The molecule has 1 N–H and O–H groups in total. The topological polar surface area (TPSA) is 122 Å². The molecule has 2 aliphatic rings. The molecule has 10 nitrogen and oxygen atoms in total. The number of ether oxygens (including phenoxy) is 2. The Labute approximate surface area is 225 Å². The molecule has 0 radical (unpaired) electrons. The first-order valence-corrected chi connectivity index (χ1v) is 15.7. The highest BCUT2D eigenvalue weighted by atomic mass is 32.2. The van der Waals surface area contributed by atoms with E-state index in [4.69, 9.17) is 9.47 Å². The lowest BCUT2D eigenvalue weighted by Crippen LogP contribution is -2.35. The van der Waals surface area contributed by atoms with E-state index in [1.54, 1.807) is 18.2 Å². The van der Waals surface area contributed by atoms with E-state index in [0.717, 1.165) is 32.1 Å². The van der Waals surface area contributed by atoms with Gasteiger partial charge in [-0.05, 0) is 74.1 Å². The van der Waals surface area contributed by atoms with Crippen LogP contribution in [0.15, 0.2) is 46.2 Å². The quantitative estimate of drug-likeness (QED) is 0.469. The lowest BCUT2D eigenvalue weighted by Gasteiger charge is -2.26. The second-order valence-electron chi connectivity index (χ2n) is 9.46. The molecule has 4 rings (SSSR count). The van der Waals surface area contributed by atoms with Crippen LogP contribution in [-0.2, 0) is 31.3 Å². The number of aryl methyl sites for hydroxylation is 1. The third-order valence-electron chi connectivity index (χ3n) is 6.96. The number of anilines is 1. The van der Waals surface area contributed by atoms with Gasteiger partial charge in [0, 0.05) is 38.3 Å². The van der Waals surface area contributed by atoms with Crippen LogP contribution in [0.4, 0.5) is 5.69 Å². The molecule has 38 heavy (non-hydrogen) atoms. The molecular formula is C26H35N3O7S2. The van der Waals surface area contributed by atoms with Crippen LogP contribution in [0.1, 0.15) is 44.1 Å². The number of nitrogens with zero attached hydrogens (tertiary/aromatic N) is 2. The summed E-state index contributed by atoms with van der Waals surface area (Å²) in [6.07, 6.45) is 4.59. The molecule has 0 spiro atoms. The number of rotatable bonds is 10. The zero-order valence-corrected chi connectivity index (χ0v) is 23.4. The number of hydrogen-bond donors (Lipinski definition) is 1. The highest BCUT2D eigenvalue weighted by molar-refractivity contribution is 7.89. The largest absolute Gasteiger partial charge is 0.496 e. The minimum Gasteiger partial charge on any atom is -0.496 e. The molecule has 1 amide bonds. The highest BCUT2D eigenvalue weighted by Gasteiger charge is 2.30. The van der Waals surface area contributed by atoms with E-state index < -0.39 is 20.0 Å². The fourth-order valence-corrected chi connectivity index (χ4v) is 8.13. The molecule has 0 atom stereocenters. The number of carbonyl (C=O) groups excluding carboxylic acids is 1. The SMILES string of the molecule is COc1ccc(S(=O)(=O)N2CCCC2)cc1CCC(=O)Nc1ccc(OC)c(S(=O)(=O)N2CCCCC2)c1. The molecular weight excluding hydrogens is 530 g/mol. The van der Waals surface area contributed by atoms with Crippen molar-refractivity contribution in [3.05, 3.63) is 42.0 Å². The lowest BCUT2D eigenvalue weighted by atomic mass is 10.1. The van der Waals surface area contributed by atoms with Crippen molar-refractivity contribution >= 4 is 31.6 Å². The Morgan fingerprint density at radius 1 is 0.789 bits per heavy atom. The molecule has 2 fully saturated rings. The molecule has 0 aliphatic carbocycles. The molecule has 0 aromatic heterocycles.